The van der Waals surface area contributed by atoms with Crippen LogP contribution in [0.3, 0.4) is 0 Å². The first-order valence-corrected chi connectivity index (χ1v) is 4.63. The van der Waals surface area contributed by atoms with E-state index in [2.05, 4.69) is 5.10 Å². The van der Waals surface area contributed by atoms with Gasteiger partial charge in [-0.25, -0.2) is 4.68 Å². The summed E-state index contributed by atoms with van der Waals surface area (Å²) in [5.41, 5.74) is 1.57. The van der Waals surface area contributed by atoms with Crippen molar-refractivity contribution in [3.05, 3.63) is 11.3 Å². The third kappa shape index (κ3) is 1.62. The molecule has 1 rings (SSSR count). The van der Waals surface area contributed by atoms with Crippen molar-refractivity contribution in [2.24, 2.45) is 7.05 Å². The summed E-state index contributed by atoms with van der Waals surface area (Å²) >= 11 is 0. The van der Waals surface area contributed by atoms with E-state index >= 15 is 0 Å². The van der Waals surface area contributed by atoms with E-state index in [1.165, 1.54) is 0 Å². The first kappa shape index (κ1) is 11.0. The summed E-state index contributed by atoms with van der Waals surface area (Å²) in [7, 11) is 3.45. The van der Waals surface area contributed by atoms with Crippen molar-refractivity contribution in [1.29, 1.82) is 0 Å². The van der Waals surface area contributed by atoms with Crippen LogP contribution >= 0.6 is 0 Å². The summed E-state index contributed by atoms with van der Waals surface area (Å²) < 4.78 is 6.97. The fraction of sp³-hybridized carbons (Fsp3) is 0.700. The Morgan fingerprint density at radius 2 is 2.07 bits per heavy atom. The van der Waals surface area contributed by atoms with Gasteiger partial charge in [-0.3, -0.25) is 0 Å². The standard InChI is InChI=1S/C10H18N2O2/c1-7-8(10(2,3)6-13)9(14-5)12(4)11-7/h13H,6H2,1-5H3. The van der Waals surface area contributed by atoms with Gasteiger partial charge in [-0.2, -0.15) is 5.10 Å². The lowest BCUT2D eigenvalue weighted by Gasteiger charge is -2.22. The molecule has 0 aliphatic rings. The Labute approximate surface area is 84.5 Å². The van der Waals surface area contributed by atoms with Crippen LogP contribution in [0.4, 0.5) is 0 Å². The van der Waals surface area contributed by atoms with Gasteiger partial charge < -0.3 is 9.84 Å². The Kier molecular flexibility index (Phi) is 2.85. The van der Waals surface area contributed by atoms with E-state index in [0.29, 0.717) is 0 Å². The van der Waals surface area contributed by atoms with Gasteiger partial charge in [-0.1, -0.05) is 13.8 Å². The van der Waals surface area contributed by atoms with E-state index in [1.54, 1.807) is 11.8 Å². The van der Waals surface area contributed by atoms with Gasteiger partial charge in [0.15, 0.2) is 0 Å². The molecule has 1 aromatic heterocycles. The molecule has 0 saturated heterocycles. The molecular formula is C10H18N2O2. The van der Waals surface area contributed by atoms with Crippen LogP contribution in [0, 0.1) is 6.92 Å². The SMILES string of the molecule is COc1c(C(C)(C)CO)c(C)nn1C. The van der Waals surface area contributed by atoms with Crippen LogP contribution < -0.4 is 4.74 Å². The molecule has 14 heavy (non-hydrogen) atoms. The molecule has 4 heteroatoms. The van der Waals surface area contributed by atoms with E-state index in [4.69, 9.17) is 4.74 Å². The Morgan fingerprint density at radius 3 is 2.50 bits per heavy atom. The highest BCUT2D eigenvalue weighted by atomic mass is 16.5. The number of aromatic nitrogens is 2. The molecule has 0 aliphatic heterocycles. The number of methoxy groups -OCH3 is 1. The molecule has 1 aromatic rings. The van der Waals surface area contributed by atoms with Crippen molar-refractivity contribution in [2.45, 2.75) is 26.2 Å². The van der Waals surface area contributed by atoms with Gasteiger partial charge in [0.2, 0.25) is 5.88 Å². The molecule has 0 saturated carbocycles. The van der Waals surface area contributed by atoms with Crippen molar-refractivity contribution in [3.63, 3.8) is 0 Å². The summed E-state index contributed by atoms with van der Waals surface area (Å²) in [6.45, 7) is 5.95. The molecule has 0 aromatic carbocycles. The molecule has 1 heterocycles. The maximum absolute atomic E-state index is 9.31. The van der Waals surface area contributed by atoms with Gasteiger partial charge in [0, 0.05) is 18.0 Å². The Bertz CT molecular complexity index is 329. The van der Waals surface area contributed by atoms with E-state index in [-0.39, 0.29) is 12.0 Å². The number of nitrogens with zero attached hydrogens (tertiary/aromatic N) is 2. The molecule has 0 atom stereocenters. The highest BCUT2D eigenvalue weighted by Gasteiger charge is 2.29. The number of hydrogen-bond donors (Lipinski definition) is 1. The van der Waals surface area contributed by atoms with Crippen LogP contribution in [0.25, 0.3) is 0 Å². The van der Waals surface area contributed by atoms with Crippen LogP contribution in [0.1, 0.15) is 25.1 Å². The van der Waals surface area contributed by atoms with Gasteiger partial charge >= 0.3 is 0 Å². The zero-order valence-electron chi connectivity index (χ0n) is 9.46. The van der Waals surface area contributed by atoms with Crippen LogP contribution in [0.5, 0.6) is 5.88 Å². The maximum atomic E-state index is 9.31. The lowest BCUT2D eigenvalue weighted by atomic mass is 9.85. The number of aliphatic hydroxyl groups is 1. The average Bonchev–Trinajstić information content (AvgIpc) is 2.40. The minimum atomic E-state index is -0.316. The van der Waals surface area contributed by atoms with Gasteiger partial charge in [0.1, 0.15) is 0 Å². The largest absolute Gasteiger partial charge is 0.481 e. The minimum Gasteiger partial charge on any atom is -0.481 e. The highest BCUT2D eigenvalue weighted by Crippen LogP contribution is 2.33. The molecular weight excluding hydrogens is 180 g/mol. The first-order chi connectivity index (χ1) is 6.44. The topological polar surface area (TPSA) is 47.3 Å². The van der Waals surface area contributed by atoms with Gasteiger partial charge in [-0.15, -0.1) is 0 Å². The fourth-order valence-corrected chi connectivity index (χ4v) is 1.73. The fourth-order valence-electron chi connectivity index (χ4n) is 1.73. The molecule has 0 unspecified atom stereocenters. The third-order valence-electron chi connectivity index (χ3n) is 2.43. The van der Waals surface area contributed by atoms with Crippen LogP contribution in [-0.2, 0) is 12.5 Å². The molecule has 0 fully saturated rings. The predicted molar refractivity (Wildman–Crippen MR) is 54.6 cm³/mol. The van der Waals surface area contributed by atoms with Gasteiger partial charge in [-0.05, 0) is 6.92 Å². The normalized spacial score (nSPS) is 11.9. The maximum Gasteiger partial charge on any atom is 0.215 e. The van der Waals surface area contributed by atoms with Crippen molar-refractivity contribution >= 4 is 0 Å². The third-order valence-corrected chi connectivity index (χ3v) is 2.43. The number of hydrogen-bond acceptors (Lipinski definition) is 3. The second-order valence-corrected chi connectivity index (χ2v) is 4.14. The predicted octanol–water partition coefficient (Wildman–Crippen LogP) is 1.01. The summed E-state index contributed by atoms with van der Waals surface area (Å²) in [5, 5.41) is 13.6. The smallest absolute Gasteiger partial charge is 0.215 e. The second kappa shape index (κ2) is 3.61. The Morgan fingerprint density at radius 1 is 1.50 bits per heavy atom. The van der Waals surface area contributed by atoms with E-state index in [1.807, 2.05) is 27.8 Å². The molecule has 0 aliphatic carbocycles. The lowest BCUT2D eigenvalue weighted by molar-refractivity contribution is 0.213. The molecule has 1 N–H and O–H groups in total. The highest BCUT2D eigenvalue weighted by molar-refractivity contribution is 5.37. The number of aliphatic hydroxyl groups excluding tert-OH is 1. The quantitative estimate of drug-likeness (QED) is 0.788. The van der Waals surface area contributed by atoms with Crippen molar-refractivity contribution < 1.29 is 9.84 Å². The molecule has 0 amide bonds. The summed E-state index contributed by atoms with van der Waals surface area (Å²) in [6.07, 6.45) is 0. The Hall–Kier alpha value is -1.03. The molecule has 80 valence electrons. The van der Waals surface area contributed by atoms with Crippen molar-refractivity contribution in [2.75, 3.05) is 13.7 Å². The number of rotatable bonds is 3. The molecule has 0 bridgehead atoms. The molecule has 4 nitrogen and oxygen atoms in total. The average molecular weight is 198 g/mol. The van der Waals surface area contributed by atoms with Crippen LogP contribution in [0.15, 0.2) is 0 Å². The monoisotopic (exact) mass is 198 g/mol. The van der Waals surface area contributed by atoms with Crippen LogP contribution in [0.2, 0.25) is 0 Å². The zero-order valence-corrected chi connectivity index (χ0v) is 9.46. The van der Waals surface area contributed by atoms with E-state index in [9.17, 15) is 5.11 Å². The van der Waals surface area contributed by atoms with Crippen LogP contribution in [-0.4, -0.2) is 28.6 Å². The summed E-state index contributed by atoms with van der Waals surface area (Å²) in [5.74, 6) is 0.724. The van der Waals surface area contributed by atoms with E-state index in [0.717, 1.165) is 17.1 Å². The Balaban J connectivity index is 3.32. The molecule has 0 spiro atoms. The summed E-state index contributed by atoms with van der Waals surface area (Å²) in [6, 6.07) is 0. The lowest BCUT2D eigenvalue weighted by Crippen LogP contribution is -2.23. The number of aryl methyl sites for hydroxylation is 2. The van der Waals surface area contributed by atoms with Gasteiger partial charge in [0.25, 0.3) is 0 Å². The second-order valence-electron chi connectivity index (χ2n) is 4.14. The number of ether oxygens (including phenoxy) is 1. The van der Waals surface area contributed by atoms with Crippen molar-refractivity contribution in [1.82, 2.24) is 9.78 Å². The first-order valence-electron chi connectivity index (χ1n) is 4.63. The van der Waals surface area contributed by atoms with Gasteiger partial charge in [0.05, 0.1) is 19.4 Å². The van der Waals surface area contributed by atoms with Crippen molar-refractivity contribution in [3.8, 4) is 5.88 Å². The zero-order chi connectivity index (χ0) is 10.9. The van der Waals surface area contributed by atoms with E-state index < -0.39 is 0 Å². The minimum absolute atomic E-state index is 0.0793. The summed E-state index contributed by atoms with van der Waals surface area (Å²) in [4.78, 5) is 0. The molecule has 0 radical (unpaired) electrons.